The van der Waals surface area contributed by atoms with Crippen molar-refractivity contribution in [2.24, 2.45) is 11.8 Å². The Kier molecular flexibility index (Phi) is 5.68. The van der Waals surface area contributed by atoms with Crippen LogP contribution >= 0.6 is 15.9 Å². The van der Waals surface area contributed by atoms with Crippen LogP contribution in [0.25, 0.3) is 0 Å². The molecule has 118 valence electrons. The van der Waals surface area contributed by atoms with Crippen molar-refractivity contribution in [1.82, 2.24) is 5.32 Å². The second kappa shape index (κ2) is 7.11. The number of benzene rings is 1. The van der Waals surface area contributed by atoms with Crippen LogP contribution in [0.2, 0.25) is 0 Å². The van der Waals surface area contributed by atoms with Gasteiger partial charge in [0, 0.05) is 0 Å². The second-order valence-electron chi connectivity index (χ2n) is 5.65. The fourth-order valence-corrected chi connectivity index (χ4v) is 5.51. The monoisotopic (exact) mass is 375 g/mol. The third-order valence-electron chi connectivity index (χ3n) is 4.11. The molecule has 2 unspecified atom stereocenters. The first-order chi connectivity index (χ1) is 9.95. The summed E-state index contributed by atoms with van der Waals surface area (Å²) in [5, 5.41) is 3.20. The molecule has 0 amide bonds. The minimum atomic E-state index is -2.83. The van der Waals surface area contributed by atoms with E-state index in [4.69, 9.17) is 4.74 Å². The zero-order valence-corrected chi connectivity index (χ0v) is 14.8. The van der Waals surface area contributed by atoms with E-state index in [2.05, 4.69) is 33.4 Å². The minimum absolute atomic E-state index is 0.253. The molecule has 0 aliphatic carbocycles. The van der Waals surface area contributed by atoms with E-state index in [1.807, 2.05) is 13.1 Å². The maximum absolute atomic E-state index is 11.7. The Morgan fingerprint density at radius 2 is 2.24 bits per heavy atom. The molecule has 1 heterocycles. The number of halogens is 1. The zero-order chi connectivity index (χ0) is 15.5. The molecule has 2 rings (SSSR count). The van der Waals surface area contributed by atoms with E-state index in [9.17, 15) is 8.42 Å². The minimum Gasteiger partial charge on any atom is -0.496 e. The van der Waals surface area contributed by atoms with Crippen LogP contribution in [-0.4, -0.2) is 40.6 Å². The van der Waals surface area contributed by atoms with Gasteiger partial charge in [-0.1, -0.05) is 6.07 Å². The van der Waals surface area contributed by atoms with E-state index in [1.54, 1.807) is 7.11 Å². The van der Waals surface area contributed by atoms with Crippen molar-refractivity contribution in [1.29, 1.82) is 0 Å². The fourth-order valence-electron chi connectivity index (χ4n) is 3.00. The van der Waals surface area contributed by atoms with Gasteiger partial charge in [0.2, 0.25) is 0 Å². The Morgan fingerprint density at radius 3 is 2.76 bits per heavy atom. The van der Waals surface area contributed by atoms with Gasteiger partial charge in [0.15, 0.2) is 9.84 Å². The number of ether oxygens (including phenoxy) is 1. The first kappa shape index (κ1) is 16.8. The number of hydrogen-bond donors (Lipinski definition) is 1. The van der Waals surface area contributed by atoms with Crippen LogP contribution in [-0.2, 0) is 16.3 Å². The highest BCUT2D eigenvalue weighted by Gasteiger charge is 2.33. The number of methoxy groups -OCH3 is 1. The van der Waals surface area contributed by atoms with Crippen LogP contribution < -0.4 is 10.1 Å². The lowest BCUT2D eigenvalue weighted by atomic mass is 9.86. The molecule has 0 spiro atoms. The third-order valence-corrected chi connectivity index (χ3v) is 6.53. The highest BCUT2D eigenvalue weighted by Crippen LogP contribution is 2.31. The highest BCUT2D eigenvalue weighted by molar-refractivity contribution is 9.10. The van der Waals surface area contributed by atoms with E-state index in [0.29, 0.717) is 17.4 Å². The molecule has 1 aromatic carbocycles. The number of rotatable bonds is 6. The van der Waals surface area contributed by atoms with Gasteiger partial charge in [-0.25, -0.2) is 8.42 Å². The number of hydrogen-bond acceptors (Lipinski definition) is 4. The predicted octanol–water partition coefficient (Wildman–Crippen LogP) is 2.27. The van der Waals surface area contributed by atoms with Gasteiger partial charge in [0.25, 0.3) is 0 Å². The Morgan fingerprint density at radius 1 is 1.48 bits per heavy atom. The van der Waals surface area contributed by atoms with Crippen LogP contribution in [0.4, 0.5) is 0 Å². The van der Waals surface area contributed by atoms with Crippen LogP contribution in [0.1, 0.15) is 12.0 Å². The van der Waals surface area contributed by atoms with Crippen LogP contribution in [0.5, 0.6) is 5.75 Å². The molecule has 4 nitrogen and oxygen atoms in total. The number of nitrogens with one attached hydrogen (secondary N) is 1. The van der Waals surface area contributed by atoms with Gasteiger partial charge in [-0.2, -0.15) is 0 Å². The topological polar surface area (TPSA) is 55.4 Å². The third kappa shape index (κ3) is 4.44. The fraction of sp³-hybridized carbons (Fsp3) is 0.600. The lowest BCUT2D eigenvalue weighted by Gasteiger charge is -2.22. The summed E-state index contributed by atoms with van der Waals surface area (Å²) >= 11 is 3.50. The smallest absolute Gasteiger partial charge is 0.150 e. The maximum atomic E-state index is 11.7. The second-order valence-corrected chi connectivity index (χ2v) is 8.74. The largest absolute Gasteiger partial charge is 0.496 e. The molecular formula is C15H22BrNO3S. The summed E-state index contributed by atoms with van der Waals surface area (Å²) in [7, 11) is 0.736. The quantitative estimate of drug-likeness (QED) is 0.828. The average Bonchev–Trinajstić information content (AvgIpc) is 2.79. The summed E-state index contributed by atoms with van der Waals surface area (Å²) in [6.45, 7) is 0.837. The van der Waals surface area contributed by atoms with Gasteiger partial charge in [-0.3, -0.25) is 0 Å². The van der Waals surface area contributed by atoms with E-state index in [1.165, 1.54) is 5.56 Å². The van der Waals surface area contributed by atoms with Gasteiger partial charge in [-0.15, -0.1) is 0 Å². The normalized spacial score (nSPS) is 22.1. The summed E-state index contributed by atoms with van der Waals surface area (Å²) in [6.07, 6.45) is 1.66. The Bertz CT molecular complexity index is 589. The summed E-state index contributed by atoms with van der Waals surface area (Å²) in [5.41, 5.74) is 1.20. The molecular weight excluding hydrogens is 354 g/mol. The van der Waals surface area contributed by atoms with Crippen molar-refractivity contribution < 1.29 is 13.2 Å². The van der Waals surface area contributed by atoms with Crippen LogP contribution in [0.15, 0.2) is 22.7 Å². The Hall–Kier alpha value is -0.590. The van der Waals surface area contributed by atoms with E-state index < -0.39 is 9.84 Å². The van der Waals surface area contributed by atoms with Crippen molar-refractivity contribution >= 4 is 25.8 Å². The Balaban J connectivity index is 2.11. The molecule has 1 aromatic rings. The van der Waals surface area contributed by atoms with Crippen molar-refractivity contribution in [3.05, 3.63) is 28.2 Å². The van der Waals surface area contributed by atoms with Crippen molar-refractivity contribution in [3.8, 4) is 5.75 Å². The molecule has 1 aliphatic heterocycles. The van der Waals surface area contributed by atoms with Crippen molar-refractivity contribution in [3.63, 3.8) is 0 Å². The molecule has 0 aromatic heterocycles. The highest BCUT2D eigenvalue weighted by atomic mass is 79.9. The van der Waals surface area contributed by atoms with Gasteiger partial charge >= 0.3 is 0 Å². The Labute approximate surface area is 135 Å². The molecule has 0 saturated carbocycles. The molecule has 6 heteroatoms. The van der Waals surface area contributed by atoms with Crippen molar-refractivity contribution in [2.45, 2.75) is 12.8 Å². The van der Waals surface area contributed by atoms with Gasteiger partial charge in [0.1, 0.15) is 5.75 Å². The van der Waals surface area contributed by atoms with E-state index in [0.717, 1.165) is 29.6 Å². The predicted molar refractivity (Wildman–Crippen MR) is 88.6 cm³/mol. The van der Waals surface area contributed by atoms with Crippen LogP contribution in [0.3, 0.4) is 0 Å². The first-order valence-corrected chi connectivity index (χ1v) is 9.74. The SMILES string of the molecule is CNCC(Cc1ccc(OC)c(Br)c1)C1CCS(=O)(=O)C1. The molecule has 2 atom stereocenters. The molecule has 1 N–H and O–H groups in total. The zero-order valence-electron chi connectivity index (χ0n) is 12.4. The van der Waals surface area contributed by atoms with Crippen molar-refractivity contribution in [2.75, 3.05) is 32.2 Å². The summed E-state index contributed by atoms with van der Waals surface area (Å²) in [4.78, 5) is 0. The summed E-state index contributed by atoms with van der Waals surface area (Å²) in [6, 6.07) is 6.06. The van der Waals surface area contributed by atoms with E-state index in [-0.39, 0.29) is 5.92 Å². The lowest BCUT2D eigenvalue weighted by Crippen LogP contribution is -2.28. The molecule has 21 heavy (non-hydrogen) atoms. The molecule has 0 radical (unpaired) electrons. The van der Waals surface area contributed by atoms with Gasteiger partial charge in [0.05, 0.1) is 23.1 Å². The molecule has 1 saturated heterocycles. The van der Waals surface area contributed by atoms with Crippen LogP contribution in [0, 0.1) is 11.8 Å². The molecule has 1 fully saturated rings. The van der Waals surface area contributed by atoms with Gasteiger partial charge in [-0.05, 0) is 71.9 Å². The average molecular weight is 376 g/mol. The summed E-state index contributed by atoms with van der Waals surface area (Å²) in [5.74, 6) is 2.07. The number of sulfone groups is 1. The van der Waals surface area contributed by atoms with Gasteiger partial charge < -0.3 is 10.1 Å². The summed E-state index contributed by atoms with van der Waals surface area (Å²) < 4.78 is 29.6. The van der Waals surface area contributed by atoms with E-state index >= 15 is 0 Å². The lowest BCUT2D eigenvalue weighted by molar-refractivity contribution is 0.351. The molecule has 0 bridgehead atoms. The first-order valence-electron chi connectivity index (χ1n) is 7.12. The molecule has 1 aliphatic rings. The maximum Gasteiger partial charge on any atom is 0.150 e. The standard InChI is InChI=1S/C15H22BrNO3S/c1-17-9-13(12-5-6-21(18,19)10-12)7-11-3-4-15(20-2)14(16)8-11/h3-4,8,12-13,17H,5-7,9-10H2,1-2H3.